The van der Waals surface area contributed by atoms with Crippen molar-refractivity contribution in [3.05, 3.63) is 51.4 Å². The Labute approximate surface area is 161 Å². The van der Waals surface area contributed by atoms with Crippen LogP contribution in [0.1, 0.15) is 45.6 Å². The number of aryl methyl sites for hydroxylation is 2. The summed E-state index contributed by atoms with van der Waals surface area (Å²) in [7, 11) is 0. The second kappa shape index (κ2) is 9.54. The van der Waals surface area contributed by atoms with Crippen LogP contribution in [0.3, 0.4) is 0 Å². The van der Waals surface area contributed by atoms with E-state index in [2.05, 4.69) is 26.6 Å². The first kappa shape index (κ1) is 20.2. The van der Waals surface area contributed by atoms with Crippen molar-refractivity contribution < 1.29 is 18.7 Å². The molecule has 0 bridgehead atoms. The molecule has 2 rings (SSSR count). The first-order chi connectivity index (χ1) is 12.4. The van der Waals surface area contributed by atoms with Crippen molar-refractivity contribution in [1.82, 2.24) is 5.32 Å². The number of amides is 2. The Morgan fingerprint density at radius 2 is 1.96 bits per heavy atom. The van der Waals surface area contributed by atoms with Crippen molar-refractivity contribution in [1.29, 1.82) is 0 Å². The molecule has 2 aromatic rings. The normalized spacial score (nSPS) is 10.6. The predicted molar refractivity (Wildman–Crippen MR) is 104 cm³/mol. The molecule has 26 heavy (non-hydrogen) atoms. The Bertz CT molecular complexity index is 786. The third-order valence-electron chi connectivity index (χ3n) is 3.75. The molecule has 0 spiro atoms. The van der Waals surface area contributed by atoms with E-state index in [0.717, 1.165) is 6.42 Å². The van der Waals surface area contributed by atoms with Gasteiger partial charge >= 0.3 is 0 Å². The van der Waals surface area contributed by atoms with Crippen molar-refractivity contribution in [3.8, 4) is 0 Å². The Hall–Kier alpha value is -2.12. The first-order valence-corrected chi connectivity index (χ1v) is 9.26. The van der Waals surface area contributed by atoms with E-state index < -0.39 is 0 Å². The number of nitrogens with one attached hydrogen (secondary N) is 2. The summed E-state index contributed by atoms with van der Waals surface area (Å²) in [6.45, 7) is 7.27. The zero-order valence-corrected chi connectivity index (χ0v) is 16.7. The highest BCUT2D eigenvalue weighted by Gasteiger charge is 2.20. The number of carbonyl (C=O) groups is 2. The number of anilines is 1. The topological polar surface area (TPSA) is 80.6 Å². The van der Waals surface area contributed by atoms with Crippen LogP contribution in [0.15, 0.2) is 33.2 Å². The van der Waals surface area contributed by atoms with Crippen molar-refractivity contribution in [2.45, 2.75) is 27.2 Å². The third-order valence-corrected chi connectivity index (χ3v) is 4.71. The van der Waals surface area contributed by atoms with Gasteiger partial charge in [-0.15, -0.1) is 0 Å². The lowest BCUT2D eigenvalue weighted by Crippen LogP contribution is -2.25. The summed E-state index contributed by atoms with van der Waals surface area (Å²) in [6, 6.07) is 6.82. The third kappa shape index (κ3) is 5.19. The minimum atomic E-state index is -0.291. The van der Waals surface area contributed by atoms with Crippen LogP contribution >= 0.6 is 15.9 Å². The van der Waals surface area contributed by atoms with E-state index in [1.54, 1.807) is 38.1 Å². The van der Waals surface area contributed by atoms with Crippen LogP contribution in [0, 0.1) is 13.8 Å². The zero-order chi connectivity index (χ0) is 19.1. The van der Waals surface area contributed by atoms with E-state index in [9.17, 15) is 9.59 Å². The summed E-state index contributed by atoms with van der Waals surface area (Å²) in [6.07, 6.45) is 0.753. The number of rotatable bonds is 8. The summed E-state index contributed by atoms with van der Waals surface area (Å²) in [5.41, 5.74) is 1.48. The quantitative estimate of drug-likeness (QED) is 0.628. The number of hydrogen-bond donors (Lipinski definition) is 2. The van der Waals surface area contributed by atoms with Gasteiger partial charge in [-0.1, -0.05) is 6.07 Å². The summed E-state index contributed by atoms with van der Waals surface area (Å²) in [5.74, 6) is 0.706. The lowest BCUT2D eigenvalue weighted by Gasteiger charge is -2.08. The van der Waals surface area contributed by atoms with Crippen molar-refractivity contribution in [2.24, 2.45) is 0 Å². The molecular formula is C19H23BrN2O4. The maximum absolute atomic E-state index is 12.5. The molecule has 0 aliphatic carbocycles. The molecule has 0 atom stereocenters. The number of benzene rings is 1. The molecule has 0 fully saturated rings. The van der Waals surface area contributed by atoms with Crippen LogP contribution in [0.2, 0.25) is 0 Å². The highest BCUT2D eigenvalue weighted by atomic mass is 79.9. The van der Waals surface area contributed by atoms with Gasteiger partial charge in [0.15, 0.2) is 0 Å². The zero-order valence-electron chi connectivity index (χ0n) is 15.1. The molecule has 7 heteroatoms. The van der Waals surface area contributed by atoms with E-state index in [1.807, 2.05) is 6.92 Å². The smallest absolute Gasteiger partial charge is 0.260 e. The van der Waals surface area contributed by atoms with E-state index >= 15 is 0 Å². The molecule has 2 amide bonds. The average Bonchev–Trinajstić information content (AvgIpc) is 2.87. The summed E-state index contributed by atoms with van der Waals surface area (Å²) in [5, 5.41) is 5.64. The van der Waals surface area contributed by atoms with Gasteiger partial charge < -0.3 is 19.8 Å². The molecule has 0 saturated heterocycles. The van der Waals surface area contributed by atoms with Crippen LogP contribution in [-0.2, 0) is 4.74 Å². The van der Waals surface area contributed by atoms with Gasteiger partial charge in [-0.2, -0.15) is 0 Å². The van der Waals surface area contributed by atoms with Gasteiger partial charge in [0.25, 0.3) is 11.8 Å². The molecule has 140 valence electrons. The SMILES string of the molecule is CCOCCCNC(=O)c1cccc(NC(=O)c2c(C)oc(C)c2Br)c1. The number of halogens is 1. The highest BCUT2D eigenvalue weighted by Crippen LogP contribution is 2.28. The Kier molecular flexibility index (Phi) is 7.41. The molecule has 0 unspecified atom stereocenters. The fraction of sp³-hybridized carbons (Fsp3) is 0.368. The maximum Gasteiger partial charge on any atom is 0.260 e. The molecule has 0 saturated carbocycles. The van der Waals surface area contributed by atoms with E-state index in [0.29, 0.717) is 52.6 Å². The van der Waals surface area contributed by atoms with Gasteiger partial charge in [-0.3, -0.25) is 9.59 Å². The van der Waals surface area contributed by atoms with E-state index in [-0.39, 0.29) is 11.8 Å². The van der Waals surface area contributed by atoms with Gasteiger partial charge in [0.05, 0.1) is 10.0 Å². The Morgan fingerprint density at radius 3 is 2.62 bits per heavy atom. The molecule has 6 nitrogen and oxygen atoms in total. The van der Waals surface area contributed by atoms with Gasteiger partial charge in [0, 0.05) is 31.0 Å². The molecule has 2 N–H and O–H groups in total. The number of carbonyl (C=O) groups excluding carboxylic acids is 2. The fourth-order valence-electron chi connectivity index (χ4n) is 2.47. The summed E-state index contributed by atoms with van der Waals surface area (Å²) in [4.78, 5) is 24.7. The lowest BCUT2D eigenvalue weighted by molar-refractivity contribution is 0.0942. The monoisotopic (exact) mass is 422 g/mol. The second-order valence-corrected chi connectivity index (χ2v) is 6.54. The van der Waals surface area contributed by atoms with Crippen LogP contribution in [0.4, 0.5) is 5.69 Å². The first-order valence-electron chi connectivity index (χ1n) is 8.46. The van der Waals surface area contributed by atoms with Gasteiger partial charge in [-0.25, -0.2) is 0 Å². The Morgan fingerprint density at radius 1 is 1.19 bits per heavy atom. The largest absolute Gasteiger partial charge is 0.465 e. The highest BCUT2D eigenvalue weighted by molar-refractivity contribution is 9.10. The van der Waals surface area contributed by atoms with E-state index in [4.69, 9.17) is 9.15 Å². The molecule has 0 radical (unpaired) electrons. The van der Waals surface area contributed by atoms with Crippen LogP contribution in [-0.4, -0.2) is 31.6 Å². The van der Waals surface area contributed by atoms with Crippen molar-refractivity contribution in [3.63, 3.8) is 0 Å². The van der Waals surface area contributed by atoms with Gasteiger partial charge in [-0.05, 0) is 61.3 Å². The lowest BCUT2D eigenvalue weighted by atomic mass is 10.1. The fourth-order valence-corrected chi connectivity index (χ4v) is 3.01. The van der Waals surface area contributed by atoms with Gasteiger partial charge in [0.1, 0.15) is 11.5 Å². The van der Waals surface area contributed by atoms with Crippen molar-refractivity contribution in [2.75, 3.05) is 25.1 Å². The predicted octanol–water partition coefficient (Wildman–Crippen LogP) is 4.07. The summed E-state index contributed by atoms with van der Waals surface area (Å²) < 4.78 is 11.3. The van der Waals surface area contributed by atoms with Crippen LogP contribution < -0.4 is 10.6 Å². The second-order valence-electron chi connectivity index (χ2n) is 5.74. The van der Waals surface area contributed by atoms with E-state index in [1.165, 1.54) is 0 Å². The van der Waals surface area contributed by atoms with Gasteiger partial charge in [0.2, 0.25) is 0 Å². The van der Waals surface area contributed by atoms with Crippen LogP contribution in [0.5, 0.6) is 0 Å². The minimum Gasteiger partial charge on any atom is -0.465 e. The number of ether oxygens (including phenoxy) is 1. The molecule has 1 aromatic heterocycles. The minimum absolute atomic E-state index is 0.186. The maximum atomic E-state index is 12.5. The number of hydrogen-bond acceptors (Lipinski definition) is 4. The molecule has 1 heterocycles. The molecule has 1 aromatic carbocycles. The number of furan rings is 1. The standard InChI is InChI=1S/C19H23BrN2O4/c1-4-25-10-6-9-21-18(23)14-7-5-8-15(11-14)22-19(24)16-12(2)26-13(3)17(16)20/h5,7-8,11H,4,6,9-10H2,1-3H3,(H,21,23)(H,22,24). The molecular weight excluding hydrogens is 400 g/mol. The Balaban J connectivity index is 2.00. The summed E-state index contributed by atoms with van der Waals surface area (Å²) >= 11 is 3.37. The average molecular weight is 423 g/mol. The molecule has 0 aliphatic heterocycles. The van der Waals surface area contributed by atoms with Crippen molar-refractivity contribution >= 4 is 33.4 Å². The van der Waals surface area contributed by atoms with Crippen LogP contribution in [0.25, 0.3) is 0 Å². The molecule has 0 aliphatic rings.